The minimum Gasteiger partial charge on any atom is -0.768 e. The first-order valence-electron chi connectivity index (χ1n) is 4.68. The summed E-state index contributed by atoms with van der Waals surface area (Å²) in [5, 5.41) is 0. The quantitative estimate of drug-likeness (QED) is 0.592. The molecule has 1 aromatic carbocycles. The second kappa shape index (κ2) is 7.28. The molecule has 18 heavy (non-hydrogen) atoms. The molecule has 1 aromatic heterocycles. The molecule has 0 amide bonds. The van der Waals surface area contributed by atoms with Gasteiger partial charge in [-0.15, -0.1) is 11.3 Å². The maximum absolute atomic E-state index is 13.6. The van der Waals surface area contributed by atoms with E-state index in [1.165, 1.54) is 12.1 Å². The van der Waals surface area contributed by atoms with Crippen LogP contribution in [0.4, 0.5) is 4.39 Å². The zero-order valence-electron chi connectivity index (χ0n) is 9.48. The van der Waals surface area contributed by atoms with Crippen molar-refractivity contribution in [3.05, 3.63) is 51.1 Å². The van der Waals surface area contributed by atoms with Crippen molar-refractivity contribution in [1.82, 2.24) is 0 Å². The van der Waals surface area contributed by atoms with E-state index in [9.17, 15) is 13.2 Å². The van der Waals surface area contributed by atoms with Crippen LogP contribution in [0.2, 0.25) is 0 Å². The van der Waals surface area contributed by atoms with Gasteiger partial charge in [0.1, 0.15) is 5.82 Å². The molecule has 0 aliphatic rings. The van der Waals surface area contributed by atoms with E-state index in [4.69, 9.17) is 0 Å². The molecule has 2 rings (SSSR count). The first-order chi connectivity index (χ1) is 8.06. The predicted octanol–water partition coefficient (Wildman–Crippen LogP) is 0.483. The third-order valence-electron chi connectivity index (χ3n) is 2.18. The number of halogens is 2. The van der Waals surface area contributed by atoms with Gasteiger partial charge < -0.3 is 4.55 Å². The van der Waals surface area contributed by atoms with E-state index in [-0.39, 0.29) is 39.6 Å². The molecule has 2 aromatic rings. The van der Waals surface area contributed by atoms with Gasteiger partial charge in [-0.2, -0.15) is 0 Å². The van der Waals surface area contributed by atoms with Gasteiger partial charge in [0, 0.05) is 15.8 Å². The Kier molecular flexibility index (Phi) is 6.67. The van der Waals surface area contributed by atoms with Gasteiger partial charge in [-0.05, 0) is 40.9 Å². The molecule has 1 atom stereocenters. The molecule has 7 heteroatoms. The summed E-state index contributed by atoms with van der Waals surface area (Å²) in [5.74, 6) is -0.294. The molecule has 90 valence electrons. The van der Waals surface area contributed by atoms with Gasteiger partial charge in [0.2, 0.25) is 0 Å². The first kappa shape index (κ1) is 16.5. The van der Waals surface area contributed by atoms with Crippen LogP contribution in [0.5, 0.6) is 0 Å². The van der Waals surface area contributed by atoms with Crippen molar-refractivity contribution in [2.75, 3.05) is 0 Å². The topological polar surface area (TPSA) is 40.1 Å². The zero-order chi connectivity index (χ0) is 12.4. The van der Waals surface area contributed by atoms with Gasteiger partial charge in [0.25, 0.3) is 0 Å². The second-order valence-corrected chi connectivity index (χ2v) is 6.62. The van der Waals surface area contributed by atoms with Crippen molar-refractivity contribution >= 4 is 38.3 Å². The van der Waals surface area contributed by atoms with Crippen LogP contribution in [0.3, 0.4) is 0 Å². The Morgan fingerprint density at radius 2 is 2.06 bits per heavy atom. The molecule has 2 nitrogen and oxygen atoms in total. The van der Waals surface area contributed by atoms with Crippen molar-refractivity contribution in [3.8, 4) is 0 Å². The van der Waals surface area contributed by atoms with E-state index in [2.05, 4.69) is 15.9 Å². The van der Waals surface area contributed by atoms with Gasteiger partial charge >= 0.3 is 29.6 Å². The zero-order valence-corrected chi connectivity index (χ0v) is 14.7. The van der Waals surface area contributed by atoms with Crippen molar-refractivity contribution in [2.24, 2.45) is 0 Å². The van der Waals surface area contributed by atoms with Crippen molar-refractivity contribution in [2.45, 2.75) is 10.6 Å². The normalized spacial score (nSPS) is 11.9. The molecule has 0 radical (unpaired) electrons. The van der Waals surface area contributed by atoms with Crippen LogP contribution in [0.1, 0.15) is 10.4 Å². The molecule has 0 saturated carbocycles. The number of hydrogen-bond acceptors (Lipinski definition) is 3. The van der Waals surface area contributed by atoms with Gasteiger partial charge in [0.15, 0.2) is 0 Å². The smallest absolute Gasteiger partial charge is 0.768 e. The third-order valence-corrected chi connectivity index (χ3v) is 4.68. The maximum Gasteiger partial charge on any atom is 1.00 e. The second-order valence-electron chi connectivity index (χ2n) is 3.37. The fraction of sp³-hybridized carbons (Fsp3) is 0.0909. The standard InChI is InChI=1S/C11H8BrFO2S2.Na/c12-8-2-1-7(10(13)6-8)5-9-3-4-11(16-9)17(14)15;/h1-4,6H,5H2,(H,14,15);/q;+1/p-1. The summed E-state index contributed by atoms with van der Waals surface area (Å²) in [7, 11) is 0. The Hall–Kier alpha value is 0.440. The van der Waals surface area contributed by atoms with E-state index < -0.39 is 11.1 Å². The van der Waals surface area contributed by atoms with E-state index in [1.54, 1.807) is 18.2 Å². The maximum atomic E-state index is 13.6. The summed E-state index contributed by atoms with van der Waals surface area (Å²) in [5.41, 5.74) is 0.554. The molecule has 1 heterocycles. The number of benzene rings is 1. The first-order valence-corrected chi connectivity index (χ1v) is 7.36. The predicted molar refractivity (Wildman–Crippen MR) is 68.4 cm³/mol. The van der Waals surface area contributed by atoms with Crippen LogP contribution in [0, 0.1) is 5.82 Å². The molecule has 0 aliphatic heterocycles. The minimum absolute atomic E-state index is 0. The molecular formula is C11H7BrFNaO2S2. The van der Waals surface area contributed by atoms with Gasteiger partial charge in [0.05, 0.1) is 4.21 Å². The Morgan fingerprint density at radius 1 is 1.33 bits per heavy atom. The summed E-state index contributed by atoms with van der Waals surface area (Å²) >= 11 is 2.14. The Labute approximate surface area is 141 Å². The van der Waals surface area contributed by atoms with Gasteiger partial charge in [-0.25, -0.2) is 4.39 Å². The van der Waals surface area contributed by atoms with E-state index in [1.807, 2.05) is 0 Å². The number of rotatable bonds is 3. The van der Waals surface area contributed by atoms with Crippen LogP contribution >= 0.6 is 27.3 Å². The Morgan fingerprint density at radius 3 is 2.61 bits per heavy atom. The Balaban J connectivity index is 0.00000162. The van der Waals surface area contributed by atoms with Crippen LogP contribution < -0.4 is 29.6 Å². The molecule has 0 spiro atoms. The molecular weight excluding hydrogens is 350 g/mol. The van der Waals surface area contributed by atoms with Crippen LogP contribution in [-0.2, 0) is 17.5 Å². The summed E-state index contributed by atoms with van der Waals surface area (Å²) in [6.07, 6.45) is 0.404. The largest absolute Gasteiger partial charge is 1.00 e. The summed E-state index contributed by atoms with van der Waals surface area (Å²) < 4.78 is 35.9. The SMILES string of the molecule is O=S([O-])c1ccc(Cc2ccc(Br)cc2F)s1.[Na+]. The molecule has 0 aliphatic carbocycles. The van der Waals surface area contributed by atoms with Crippen molar-refractivity contribution in [1.29, 1.82) is 0 Å². The summed E-state index contributed by atoms with van der Waals surface area (Å²) in [4.78, 5) is 0.824. The van der Waals surface area contributed by atoms with Crippen LogP contribution in [-0.4, -0.2) is 8.76 Å². The van der Waals surface area contributed by atoms with Gasteiger partial charge in [-0.3, -0.25) is 4.21 Å². The van der Waals surface area contributed by atoms with E-state index in [0.29, 0.717) is 16.5 Å². The molecule has 0 bridgehead atoms. The fourth-order valence-corrected chi connectivity index (χ4v) is 3.26. The average Bonchev–Trinajstić information content (AvgIpc) is 2.71. The number of hydrogen-bond donors (Lipinski definition) is 0. The minimum atomic E-state index is -2.21. The van der Waals surface area contributed by atoms with Gasteiger partial charge in [-0.1, -0.05) is 22.0 Å². The van der Waals surface area contributed by atoms with Crippen LogP contribution in [0.15, 0.2) is 39.0 Å². The summed E-state index contributed by atoms with van der Waals surface area (Å²) in [6.45, 7) is 0. The molecule has 1 unspecified atom stereocenters. The van der Waals surface area contributed by atoms with Crippen molar-refractivity contribution in [3.63, 3.8) is 0 Å². The molecule has 0 fully saturated rings. The van der Waals surface area contributed by atoms with E-state index in [0.717, 1.165) is 16.2 Å². The molecule has 0 saturated heterocycles. The molecule has 0 N–H and O–H groups in total. The Bertz CT molecular complexity index is 574. The summed E-state index contributed by atoms with van der Waals surface area (Å²) in [6, 6.07) is 8.08. The van der Waals surface area contributed by atoms with Crippen LogP contribution in [0.25, 0.3) is 0 Å². The third kappa shape index (κ3) is 4.23. The number of thiophene rings is 1. The average molecular weight is 357 g/mol. The monoisotopic (exact) mass is 356 g/mol. The van der Waals surface area contributed by atoms with Crippen molar-refractivity contribution < 1.29 is 42.7 Å². The fourth-order valence-electron chi connectivity index (χ4n) is 1.40. The van der Waals surface area contributed by atoms with E-state index >= 15 is 0 Å².